The maximum Gasteiger partial charge on any atom is 0.129 e. The summed E-state index contributed by atoms with van der Waals surface area (Å²) in [5.41, 5.74) is 0.986. The van der Waals surface area contributed by atoms with Crippen molar-refractivity contribution in [2.75, 3.05) is 5.32 Å². The van der Waals surface area contributed by atoms with Gasteiger partial charge in [-0.3, -0.25) is 0 Å². The Hall–Kier alpha value is -0.580. The molecule has 0 aliphatic carbocycles. The van der Waals surface area contributed by atoms with E-state index in [1.807, 2.05) is 24.3 Å². The van der Waals surface area contributed by atoms with Crippen LogP contribution in [-0.2, 0) is 0 Å². The molecule has 16 heavy (non-hydrogen) atoms. The number of halogens is 2. The zero-order valence-corrected chi connectivity index (χ0v) is 11.7. The highest BCUT2D eigenvalue weighted by Gasteiger charge is 2.09. The zero-order chi connectivity index (χ0) is 11.5. The molecular formula is C11H10BrClN2S. The average Bonchev–Trinajstić information content (AvgIpc) is 2.68. The van der Waals surface area contributed by atoms with E-state index in [4.69, 9.17) is 11.6 Å². The summed E-state index contributed by atoms with van der Waals surface area (Å²) in [4.78, 5) is 5.37. The summed E-state index contributed by atoms with van der Waals surface area (Å²) in [6.07, 6.45) is 1.75. The summed E-state index contributed by atoms with van der Waals surface area (Å²) in [5, 5.41) is 3.38. The maximum atomic E-state index is 5.91. The second-order valence-electron chi connectivity index (χ2n) is 3.35. The lowest BCUT2D eigenvalue weighted by Crippen LogP contribution is -2.05. The molecule has 0 aliphatic rings. The fourth-order valence-corrected chi connectivity index (χ4v) is 2.79. The topological polar surface area (TPSA) is 24.9 Å². The number of anilines is 1. The highest BCUT2D eigenvalue weighted by atomic mass is 79.9. The molecule has 2 heterocycles. The molecule has 0 amide bonds. The Kier molecular flexibility index (Phi) is 3.84. The highest BCUT2D eigenvalue weighted by Crippen LogP contribution is 2.30. The van der Waals surface area contributed by atoms with E-state index >= 15 is 0 Å². The fourth-order valence-electron chi connectivity index (χ4n) is 1.36. The second kappa shape index (κ2) is 5.17. The molecule has 0 fully saturated rings. The Labute approximate surface area is 112 Å². The van der Waals surface area contributed by atoms with Crippen molar-refractivity contribution in [1.82, 2.24) is 4.98 Å². The first-order chi connectivity index (χ1) is 7.66. The van der Waals surface area contributed by atoms with E-state index in [1.165, 1.54) is 4.88 Å². The monoisotopic (exact) mass is 316 g/mol. The number of hydrogen-bond donors (Lipinski definition) is 1. The summed E-state index contributed by atoms with van der Waals surface area (Å²) < 4.78 is 1.64. The Bertz CT molecular complexity index is 486. The molecule has 1 N–H and O–H groups in total. The average molecular weight is 318 g/mol. The standard InChI is InChI=1S/C11H10BrClN2S/c1-7(9-4-5-10(13)16-9)15-8-3-2-6-14-11(8)12/h2-7,15H,1H3. The Morgan fingerprint density at radius 3 is 2.88 bits per heavy atom. The van der Waals surface area contributed by atoms with Crippen LogP contribution in [0.3, 0.4) is 0 Å². The van der Waals surface area contributed by atoms with E-state index in [2.05, 4.69) is 33.2 Å². The third kappa shape index (κ3) is 2.75. The van der Waals surface area contributed by atoms with Crippen molar-refractivity contribution in [3.8, 4) is 0 Å². The van der Waals surface area contributed by atoms with Crippen LogP contribution in [0, 0.1) is 0 Å². The molecule has 2 nitrogen and oxygen atoms in total. The van der Waals surface area contributed by atoms with Crippen LogP contribution in [0.4, 0.5) is 5.69 Å². The smallest absolute Gasteiger partial charge is 0.129 e. The summed E-state index contributed by atoms with van der Waals surface area (Å²) in [5.74, 6) is 0. The highest BCUT2D eigenvalue weighted by molar-refractivity contribution is 9.10. The largest absolute Gasteiger partial charge is 0.376 e. The van der Waals surface area contributed by atoms with E-state index in [9.17, 15) is 0 Å². The van der Waals surface area contributed by atoms with Crippen LogP contribution in [0.2, 0.25) is 4.34 Å². The number of rotatable bonds is 3. The van der Waals surface area contributed by atoms with Crippen molar-refractivity contribution in [2.24, 2.45) is 0 Å². The number of thiophene rings is 1. The molecule has 1 unspecified atom stereocenters. The van der Waals surface area contributed by atoms with Gasteiger partial charge < -0.3 is 5.32 Å². The maximum absolute atomic E-state index is 5.91. The molecule has 5 heteroatoms. The first-order valence-corrected chi connectivity index (χ1v) is 6.78. The Morgan fingerprint density at radius 1 is 1.44 bits per heavy atom. The van der Waals surface area contributed by atoms with Gasteiger partial charge in [0.2, 0.25) is 0 Å². The number of pyridine rings is 1. The number of nitrogens with one attached hydrogen (secondary N) is 1. The molecule has 2 rings (SSSR count). The van der Waals surface area contributed by atoms with Crippen LogP contribution in [-0.4, -0.2) is 4.98 Å². The van der Waals surface area contributed by atoms with Gasteiger partial charge in [-0.05, 0) is 47.1 Å². The predicted molar refractivity (Wildman–Crippen MR) is 73.3 cm³/mol. The van der Waals surface area contributed by atoms with Crippen molar-refractivity contribution in [1.29, 1.82) is 0 Å². The molecule has 2 aromatic rings. The fraction of sp³-hybridized carbons (Fsp3) is 0.182. The van der Waals surface area contributed by atoms with E-state index < -0.39 is 0 Å². The number of nitrogens with zero attached hydrogens (tertiary/aromatic N) is 1. The van der Waals surface area contributed by atoms with Crippen molar-refractivity contribution < 1.29 is 0 Å². The lowest BCUT2D eigenvalue weighted by molar-refractivity contribution is 0.903. The minimum Gasteiger partial charge on any atom is -0.376 e. The molecule has 0 saturated heterocycles. The third-order valence-electron chi connectivity index (χ3n) is 2.15. The van der Waals surface area contributed by atoms with Gasteiger partial charge in [-0.2, -0.15) is 0 Å². The summed E-state index contributed by atoms with van der Waals surface area (Å²) >= 11 is 10.9. The van der Waals surface area contributed by atoms with Crippen molar-refractivity contribution in [3.05, 3.63) is 44.3 Å². The Balaban J connectivity index is 2.13. The van der Waals surface area contributed by atoms with Crippen molar-refractivity contribution in [3.63, 3.8) is 0 Å². The quantitative estimate of drug-likeness (QED) is 0.828. The third-order valence-corrected chi connectivity index (χ3v) is 4.20. The molecule has 0 aliphatic heterocycles. The first kappa shape index (κ1) is 11.9. The predicted octanol–water partition coefficient (Wildman–Crippen LogP) is 4.73. The van der Waals surface area contributed by atoms with Gasteiger partial charge in [-0.25, -0.2) is 4.98 Å². The summed E-state index contributed by atoms with van der Waals surface area (Å²) in [6, 6.07) is 8.06. The minimum atomic E-state index is 0.220. The minimum absolute atomic E-state index is 0.220. The van der Waals surface area contributed by atoms with Gasteiger partial charge in [0.15, 0.2) is 0 Å². The molecule has 0 radical (unpaired) electrons. The molecular weight excluding hydrogens is 308 g/mol. The van der Waals surface area contributed by atoms with E-state index in [0.29, 0.717) is 0 Å². The van der Waals surface area contributed by atoms with E-state index in [0.717, 1.165) is 14.6 Å². The normalized spacial score (nSPS) is 12.4. The van der Waals surface area contributed by atoms with Crippen LogP contribution >= 0.6 is 38.9 Å². The second-order valence-corrected chi connectivity index (χ2v) is 5.85. The summed E-state index contributed by atoms with van der Waals surface area (Å²) in [7, 11) is 0. The van der Waals surface area contributed by atoms with E-state index in [-0.39, 0.29) is 6.04 Å². The van der Waals surface area contributed by atoms with Crippen LogP contribution in [0.15, 0.2) is 35.1 Å². The lowest BCUT2D eigenvalue weighted by atomic mass is 10.2. The van der Waals surface area contributed by atoms with Crippen LogP contribution in [0.1, 0.15) is 17.8 Å². The van der Waals surface area contributed by atoms with Crippen molar-refractivity contribution in [2.45, 2.75) is 13.0 Å². The van der Waals surface area contributed by atoms with Crippen LogP contribution in [0.25, 0.3) is 0 Å². The van der Waals surface area contributed by atoms with Gasteiger partial charge in [-0.1, -0.05) is 11.6 Å². The molecule has 0 spiro atoms. The number of aromatic nitrogens is 1. The van der Waals surface area contributed by atoms with Gasteiger partial charge in [0.1, 0.15) is 4.60 Å². The first-order valence-electron chi connectivity index (χ1n) is 4.79. The van der Waals surface area contributed by atoms with Crippen molar-refractivity contribution >= 4 is 44.6 Å². The van der Waals surface area contributed by atoms with Gasteiger partial charge in [0.05, 0.1) is 16.1 Å². The van der Waals surface area contributed by atoms with Gasteiger partial charge in [0, 0.05) is 11.1 Å². The SMILES string of the molecule is CC(Nc1cccnc1Br)c1ccc(Cl)s1. The van der Waals surface area contributed by atoms with Gasteiger partial charge >= 0.3 is 0 Å². The zero-order valence-electron chi connectivity index (χ0n) is 8.58. The molecule has 2 aromatic heterocycles. The molecule has 84 valence electrons. The van der Waals surface area contributed by atoms with Crippen LogP contribution < -0.4 is 5.32 Å². The lowest BCUT2D eigenvalue weighted by Gasteiger charge is -2.14. The molecule has 1 atom stereocenters. The van der Waals surface area contributed by atoms with Gasteiger partial charge in [0.25, 0.3) is 0 Å². The van der Waals surface area contributed by atoms with Gasteiger partial charge in [-0.15, -0.1) is 11.3 Å². The van der Waals surface area contributed by atoms with Crippen LogP contribution in [0.5, 0.6) is 0 Å². The Morgan fingerprint density at radius 2 is 2.25 bits per heavy atom. The molecule has 0 aromatic carbocycles. The summed E-state index contributed by atoms with van der Waals surface area (Å²) in [6.45, 7) is 2.10. The van der Waals surface area contributed by atoms with E-state index in [1.54, 1.807) is 17.5 Å². The molecule has 0 saturated carbocycles. The molecule has 0 bridgehead atoms. The number of hydrogen-bond acceptors (Lipinski definition) is 3.